The molecule has 0 aromatic carbocycles. The Labute approximate surface area is 161 Å². The lowest BCUT2D eigenvalue weighted by molar-refractivity contribution is 0.0947. The maximum atomic E-state index is 12.6. The van der Waals surface area contributed by atoms with E-state index in [0.29, 0.717) is 24.6 Å². The molecule has 1 amide bonds. The van der Waals surface area contributed by atoms with Crippen molar-refractivity contribution >= 4 is 5.91 Å². The van der Waals surface area contributed by atoms with Gasteiger partial charge in [-0.3, -0.25) is 9.48 Å². The monoisotopic (exact) mass is 372 g/mol. The fraction of sp³-hybridized carbons (Fsp3) is 0.700. The molecular weight excluding hydrogens is 340 g/mol. The second-order valence-corrected chi connectivity index (χ2v) is 8.69. The minimum absolute atomic E-state index is 0.129. The standard InChI is InChI=1S/C20H32N6O/c1-14(2)16-13-15(24-26(16)20(3,4)5)19(27)21-11-10-18-23-22-17-9-7-6-8-12-25(17)18/h13-14H,6-12H2,1-5H3,(H,21,27). The maximum absolute atomic E-state index is 12.6. The summed E-state index contributed by atoms with van der Waals surface area (Å²) in [5.74, 6) is 2.23. The van der Waals surface area contributed by atoms with Crippen LogP contribution in [-0.4, -0.2) is 37.0 Å². The van der Waals surface area contributed by atoms with Crippen LogP contribution in [0.2, 0.25) is 0 Å². The van der Waals surface area contributed by atoms with Crippen molar-refractivity contribution in [1.29, 1.82) is 0 Å². The number of nitrogens with zero attached hydrogens (tertiary/aromatic N) is 5. The van der Waals surface area contributed by atoms with Gasteiger partial charge in [0.2, 0.25) is 0 Å². The van der Waals surface area contributed by atoms with Crippen LogP contribution in [0.4, 0.5) is 0 Å². The Kier molecular flexibility index (Phi) is 5.67. The van der Waals surface area contributed by atoms with Crippen molar-refractivity contribution in [3.8, 4) is 0 Å². The van der Waals surface area contributed by atoms with Crippen LogP contribution in [0.3, 0.4) is 0 Å². The number of fused-ring (bicyclic) bond motifs is 1. The van der Waals surface area contributed by atoms with Gasteiger partial charge in [0.1, 0.15) is 17.3 Å². The molecule has 3 rings (SSSR count). The van der Waals surface area contributed by atoms with Crippen molar-refractivity contribution in [3.05, 3.63) is 29.1 Å². The second-order valence-electron chi connectivity index (χ2n) is 8.69. The molecule has 0 atom stereocenters. The zero-order chi connectivity index (χ0) is 19.6. The molecule has 0 unspecified atom stereocenters. The highest BCUT2D eigenvalue weighted by Gasteiger charge is 2.23. The predicted octanol–water partition coefficient (Wildman–Crippen LogP) is 3.05. The third-order valence-electron chi connectivity index (χ3n) is 5.02. The smallest absolute Gasteiger partial charge is 0.271 e. The lowest BCUT2D eigenvalue weighted by Crippen LogP contribution is -2.29. The summed E-state index contributed by atoms with van der Waals surface area (Å²) in [6.45, 7) is 12.1. The van der Waals surface area contributed by atoms with E-state index in [1.807, 2.05) is 10.7 Å². The average molecular weight is 373 g/mol. The van der Waals surface area contributed by atoms with Crippen LogP contribution in [0.1, 0.15) is 87.6 Å². The molecule has 1 N–H and O–H groups in total. The van der Waals surface area contributed by atoms with Crippen LogP contribution in [0.15, 0.2) is 6.07 Å². The van der Waals surface area contributed by atoms with Gasteiger partial charge in [-0.2, -0.15) is 5.10 Å². The molecule has 2 aromatic rings. The number of carbonyl (C=O) groups is 1. The SMILES string of the molecule is CC(C)c1cc(C(=O)NCCc2nnc3n2CCCCC3)nn1C(C)(C)C. The highest BCUT2D eigenvalue weighted by atomic mass is 16.1. The first-order valence-electron chi connectivity index (χ1n) is 10.1. The lowest BCUT2D eigenvalue weighted by Gasteiger charge is -2.23. The predicted molar refractivity (Wildman–Crippen MR) is 105 cm³/mol. The first kappa shape index (κ1) is 19.6. The van der Waals surface area contributed by atoms with E-state index in [1.54, 1.807) is 0 Å². The van der Waals surface area contributed by atoms with Gasteiger partial charge in [0.05, 0.1) is 5.54 Å². The zero-order valence-corrected chi connectivity index (χ0v) is 17.2. The van der Waals surface area contributed by atoms with E-state index in [-0.39, 0.29) is 11.4 Å². The van der Waals surface area contributed by atoms with Crippen LogP contribution in [0.5, 0.6) is 0 Å². The summed E-state index contributed by atoms with van der Waals surface area (Å²) in [6, 6.07) is 1.91. The van der Waals surface area contributed by atoms with Gasteiger partial charge in [0.25, 0.3) is 5.91 Å². The topological polar surface area (TPSA) is 77.6 Å². The Hall–Kier alpha value is -2.18. The molecule has 7 nitrogen and oxygen atoms in total. The van der Waals surface area contributed by atoms with E-state index in [9.17, 15) is 4.79 Å². The van der Waals surface area contributed by atoms with Gasteiger partial charge in [-0.1, -0.05) is 20.3 Å². The molecule has 1 aliphatic heterocycles. The van der Waals surface area contributed by atoms with Crippen LogP contribution < -0.4 is 5.32 Å². The van der Waals surface area contributed by atoms with E-state index in [4.69, 9.17) is 0 Å². The summed E-state index contributed by atoms with van der Waals surface area (Å²) >= 11 is 0. The molecule has 0 saturated heterocycles. The summed E-state index contributed by atoms with van der Waals surface area (Å²) in [5, 5.41) is 16.2. The van der Waals surface area contributed by atoms with Crippen LogP contribution in [-0.2, 0) is 24.9 Å². The van der Waals surface area contributed by atoms with Crippen LogP contribution in [0, 0.1) is 0 Å². The highest BCUT2D eigenvalue weighted by molar-refractivity contribution is 5.92. The van der Waals surface area contributed by atoms with Gasteiger partial charge in [-0.25, -0.2) is 0 Å². The molecule has 0 aliphatic carbocycles. The van der Waals surface area contributed by atoms with E-state index in [2.05, 4.69) is 59.8 Å². The third kappa shape index (κ3) is 4.39. The normalized spacial score (nSPS) is 14.9. The second kappa shape index (κ2) is 7.82. The summed E-state index contributed by atoms with van der Waals surface area (Å²) in [6.07, 6.45) is 5.29. The number of rotatable bonds is 5. The highest BCUT2D eigenvalue weighted by Crippen LogP contribution is 2.23. The minimum Gasteiger partial charge on any atom is -0.350 e. The summed E-state index contributed by atoms with van der Waals surface area (Å²) in [4.78, 5) is 12.6. The summed E-state index contributed by atoms with van der Waals surface area (Å²) < 4.78 is 4.19. The van der Waals surface area contributed by atoms with Crippen molar-refractivity contribution < 1.29 is 4.79 Å². The van der Waals surface area contributed by atoms with Crippen LogP contribution in [0.25, 0.3) is 0 Å². The number of aryl methyl sites for hydroxylation is 1. The first-order chi connectivity index (χ1) is 12.8. The molecule has 1 aliphatic rings. The third-order valence-corrected chi connectivity index (χ3v) is 5.02. The van der Waals surface area contributed by atoms with Crippen molar-refractivity contribution in [3.63, 3.8) is 0 Å². The molecule has 148 valence electrons. The van der Waals surface area contributed by atoms with E-state index in [0.717, 1.165) is 30.3 Å². The fourth-order valence-corrected chi connectivity index (χ4v) is 3.56. The molecule has 0 bridgehead atoms. The number of aromatic nitrogens is 5. The number of carbonyl (C=O) groups excluding carboxylic acids is 1. The van der Waals surface area contributed by atoms with E-state index < -0.39 is 0 Å². The van der Waals surface area contributed by atoms with E-state index >= 15 is 0 Å². The Balaban J connectivity index is 1.64. The van der Waals surface area contributed by atoms with Gasteiger partial charge in [-0.05, 0) is 45.6 Å². The largest absolute Gasteiger partial charge is 0.350 e. The van der Waals surface area contributed by atoms with Crippen molar-refractivity contribution in [2.24, 2.45) is 0 Å². The van der Waals surface area contributed by atoms with E-state index in [1.165, 1.54) is 19.3 Å². The average Bonchev–Trinajstić information content (AvgIpc) is 3.13. The minimum atomic E-state index is -0.156. The van der Waals surface area contributed by atoms with Gasteiger partial charge in [0, 0.05) is 31.6 Å². The van der Waals surface area contributed by atoms with Gasteiger partial charge >= 0.3 is 0 Å². The number of hydrogen-bond donors (Lipinski definition) is 1. The van der Waals surface area contributed by atoms with Crippen molar-refractivity contribution in [2.45, 2.75) is 84.7 Å². The van der Waals surface area contributed by atoms with Crippen molar-refractivity contribution in [1.82, 2.24) is 29.9 Å². The zero-order valence-electron chi connectivity index (χ0n) is 17.2. The quantitative estimate of drug-likeness (QED) is 0.875. The summed E-state index contributed by atoms with van der Waals surface area (Å²) in [7, 11) is 0. The van der Waals surface area contributed by atoms with Gasteiger partial charge in [-0.15, -0.1) is 10.2 Å². The van der Waals surface area contributed by atoms with Gasteiger partial charge < -0.3 is 9.88 Å². The molecule has 27 heavy (non-hydrogen) atoms. The maximum Gasteiger partial charge on any atom is 0.271 e. The van der Waals surface area contributed by atoms with Crippen LogP contribution >= 0.6 is 0 Å². The molecule has 3 heterocycles. The van der Waals surface area contributed by atoms with Gasteiger partial charge in [0.15, 0.2) is 0 Å². The molecule has 2 aromatic heterocycles. The van der Waals surface area contributed by atoms with Crippen molar-refractivity contribution in [2.75, 3.05) is 6.54 Å². The Bertz CT molecular complexity index is 796. The lowest BCUT2D eigenvalue weighted by atomic mass is 10.1. The molecule has 0 radical (unpaired) electrons. The molecule has 0 spiro atoms. The number of amides is 1. The summed E-state index contributed by atoms with van der Waals surface area (Å²) in [5.41, 5.74) is 1.40. The molecule has 0 fully saturated rings. The number of hydrogen-bond acceptors (Lipinski definition) is 4. The Morgan fingerprint density at radius 2 is 2.00 bits per heavy atom. The fourth-order valence-electron chi connectivity index (χ4n) is 3.56. The Morgan fingerprint density at radius 1 is 1.22 bits per heavy atom. The Morgan fingerprint density at radius 3 is 2.67 bits per heavy atom. The molecular formula is C20H32N6O. The number of nitrogens with one attached hydrogen (secondary N) is 1. The molecule has 0 saturated carbocycles. The molecule has 7 heteroatoms. The first-order valence-corrected chi connectivity index (χ1v) is 10.1.